The molecule has 1 amide bonds. The Bertz CT molecular complexity index is 498. The molecule has 0 spiro atoms. The monoisotopic (exact) mass is 232 g/mol. The minimum atomic E-state index is -0.251. The van der Waals surface area contributed by atoms with E-state index < -0.39 is 0 Å². The van der Waals surface area contributed by atoms with Crippen molar-refractivity contribution in [2.45, 2.75) is 25.7 Å². The van der Waals surface area contributed by atoms with Gasteiger partial charge in [-0.05, 0) is 37.0 Å². The van der Waals surface area contributed by atoms with Gasteiger partial charge in [-0.15, -0.1) is 0 Å². The van der Waals surface area contributed by atoms with Crippen molar-refractivity contribution in [3.63, 3.8) is 0 Å². The SMILES string of the molecule is O=C(NCC1(C2CC2)CC1)c1c[nH]ccc1=O. The third-order valence-corrected chi connectivity index (χ3v) is 4.01. The summed E-state index contributed by atoms with van der Waals surface area (Å²) in [6, 6.07) is 1.38. The Morgan fingerprint density at radius 1 is 1.47 bits per heavy atom. The van der Waals surface area contributed by atoms with Gasteiger partial charge in [-0.3, -0.25) is 9.59 Å². The van der Waals surface area contributed by atoms with E-state index in [1.54, 1.807) is 0 Å². The Morgan fingerprint density at radius 2 is 2.24 bits per heavy atom. The third-order valence-electron chi connectivity index (χ3n) is 4.01. The molecule has 0 radical (unpaired) electrons. The van der Waals surface area contributed by atoms with E-state index in [0.29, 0.717) is 5.41 Å². The molecule has 0 bridgehead atoms. The molecule has 2 fully saturated rings. The van der Waals surface area contributed by atoms with E-state index in [0.717, 1.165) is 12.5 Å². The van der Waals surface area contributed by atoms with Crippen LogP contribution in [-0.2, 0) is 0 Å². The Balaban J connectivity index is 1.64. The van der Waals surface area contributed by atoms with Crippen LogP contribution in [0.4, 0.5) is 0 Å². The minimum Gasteiger partial charge on any atom is -0.367 e. The fraction of sp³-hybridized carbons (Fsp3) is 0.538. The molecule has 1 aromatic heterocycles. The zero-order chi connectivity index (χ0) is 11.9. The van der Waals surface area contributed by atoms with E-state index in [1.165, 1.54) is 44.1 Å². The quantitative estimate of drug-likeness (QED) is 0.821. The van der Waals surface area contributed by atoms with Crippen LogP contribution < -0.4 is 10.7 Å². The van der Waals surface area contributed by atoms with Crippen LogP contribution in [0, 0.1) is 11.3 Å². The van der Waals surface area contributed by atoms with Crippen LogP contribution in [0.3, 0.4) is 0 Å². The highest BCUT2D eigenvalue weighted by Crippen LogP contribution is 2.60. The number of hydrogen-bond acceptors (Lipinski definition) is 2. The fourth-order valence-electron chi connectivity index (χ4n) is 2.53. The molecule has 4 heteroatoms. The molecule has 2 N–H and O–H groups in total. The number of aromatic amines is 1. The van der Waals surface area contributed by atoms with Crippen LogP contribution in [0.25, 0.3) is 0 Å². The maximum atomic E-state index is 11.9. The zero-order valence-corrected chi connectivity index (χ0v) is 9.66. The van der Waals surface area contributed by atoms with Crippen LogP contribution in [0.1, 0.15) is 36.0 Å². The molecule has 17 heavy (non-hydrogen) atoms. The smallest absolute Gasteiger partial charge is 0.256 e. The van der Waals surface area contributed by atoms with E-state index >= 15 is 0 Å². The molecule has 0 saturated heterocycles. The lowest BCUT2D eigenvalue weighted by molar-refractivity contribution is 0.0941. The average molecular weight is 232 g/mol. The largest absolute Gasteiger partial charge is 0.367 e. The standard InChI is InChI=1S/C13H16N2O2/c16-11-3-6-14-7-10(11)12(17)15-8-13(4-5-13)9-1-2-9/h3,6-7,9H,1-2,4-5,8H2,(H,14,16)(H,15,17). The number of H-pyrrole nitrogens is 1. The summed E-state index contributed by atoms with van der Waals surface area (Å²) in [5.41, 5.74) is 0.355. The Labute approximate surface area is 99.4 Å². The first-order chi connectivity index (χ1) is 8.21. The van der Waals surface area contributed by atoms with Gasteiger partial charge in [-0.1, -0.05) is 0 Å². The lowest BCUT2D eigenvalue weighted by Gasteiger charge is -2.14. The first-order valence-corrected chi connectivity index (χ1v) is 6.17. The first-order valence-electron chi connectivity index (χ1n) is 6.17. The fourth-order valence-corrected chi connectivity index (χ4v) is 2.53. The lowest BCUT2D eigenvalue weighted by Crippen LogP contribution is -2.33. The molecule has 0 atom stereocenters. The molecule has 2 saturated carbocycles. The molecule has 0 unspecified atom stereocenters. The number of carbonyl (C=O) groups is 1. The molecule has 2 aliphatic carbocycles. The van der Waals surface area contributed by atoms with Gasteiger partial charge in [0.2, 0.25) is 0 Å². The van der Waals surface area contributed by atoms with Crippen molar-refractivity contribution in [3.8, 4) is 0 Å². The summed E-state index contributed by atoms with van der Waals surface area (Å²) in [6.07, 6.45) is 8.07. The molecular weight excluding hydrogens is 216 g/mol. The summed E-state index contributed by atoms with van der Waals surface area (Å²) in [4.78, 5) is 26.1. The average Bonchev–Trinajstić information content (AvgIpc) is 3.17. The van der Waals surface area contributed by atoms with Crippen LogP contribution in [0.15, 0.2) is 23.3 Å². The van der Waals surface area contributed by atoms with Crippen LogP contribution in [0.5, 0.6) is 0 Å². The van der Waals surface area contributed by atoms with Gasteiger partial charge >= 0.3 is 0 Å². The molecule has 4 nitrogen and oxygen atoms in total. The van der Waals surface area contributed by atoms with Gasteiger partial charge in [0.05, 0.1) is 0 Å². The van der Waals surface area contributed by atoms with Gasteiger partial charge in [0.15, 0.2) is 5.43 Å². The number of hydrogen-bond donors (Lipinski definition) is 2. The number of nitrogens with one attached hydrogen (secondary N) is 2. The Morgan fingerprint density at radius 3 is 2.82 bits per heavy atom. The van der Waals surface area contributed by atoms with Crippen molar-refractivity contribution in [1.29, 1.82) is 0 Å². The van der Waals surface area contributed by atoms with Crippen molar-refractivity contribution < 1.29 is 4.79 Å². The van der Waals surface area contributed by atoms with Gasteiger partial charge in [-0.2, -0.15) is 0 Å². The number of aromatic nitrogens is 1. The normalized spacial score (nSPS) is 20.9. The van der Waals surface area contributed by atoms with Crippen molar-refractivity contribution in [2.75, 3.05) is 6.54 Å². The van der Waals surface area contributed by atoms with Crippen LogP contribution >= 0.6 is 0 Å². The van der Waals surface area contributed by atoms with Gasteiger partial charge in [0, 0.05) is 25.0 Å². The van der Waals surface area contributed by atoms with E-state index in [4.69, 9.17) is 0 Å². The Kier molecular flexibility index (Phi) is 2.31. The van der Waals surface area contributed by atoms with Gasteiger partial charge in [-0.25, -0.2) is 0 Å². The lowest BCUT2D eigenvalue weighted by atomic mass is 10.0. The number of amides is 1. The molecule has 2 aliphatic rings. The summed E-state index contributed by atoms with van der Waals surface area (Å²) in [6.45, 7) is 0.727. The summed E-state index contributed by atoms with van der Waals surface area (Å²) < 4.78 is 0. The van der Waals surface area contributed by atoms with Crippen molar-refractivity contribution in [1.82, 2.24) is 10.3 Å². The summed E-state index contributed by atoms with van der Waals surface area (Å²) in [7, 11) is 0. The van der Waals surface area contributed by atoms with Crippen molar-refractivity contribution in [3.05, 3.63) is 34.2 Å². The second-order valence-corrected chi connectivity index (χ2v) is 5.24. The van der Waals surface area contributed by atoms with Crippen molar-refractivity contribution >= 4 is 5.91 Å². The molecular formula is C13H16N2O2. The predicted octanol–water partition coefficient (Wildman–Crippen LogP) is 1.29. The zero-order valence-electron chi connectivity index (χ0n) is 9.66. The highest BCUT2D eigenvalue weighted by molar-refractivity contribution is 5.93. The van der Waals surface area contributed by atoms with Gasteiger partial charge in [0.25, 0.3) is 5.91 Å². The third kappa shape index (κ3) is 1.99. The molecule has 0 aromatic carbocycles. The molecule has 1 heterocycles. The van der Waals surface area contributed by atoms with E-state index in [2.05, 4.69) is 10.3 Å². The maximum absolute atomic E-state index is 11.9. The minimum absolute atomic E-state index is 0.207. The second-order valence-electron chi connectivity index (χ2n) is 5.24. The van der Waals surface area contributed by atoms with E-state index in [1.807, 2.05) is 0 Å². The summed E-state index contributed by atoms with van der Waals surface area (Å²) in [5, 5.41) is 2.90. The predicted molar refractivity (Wildman–Crippen MR) is 63.8 cm³/mol. The summed E-state index contributed by atoms with van der Waals surface area (Å²) in [5.74, 6) is 0.565. The molecule has 90 valence electrons. The molecule has 1 aromatic rings. The van der Waals surface area contributed by atoms with E-state index in [-0.39, 0.29) is 16.9 Å². The topological polar surface area (TPSA) is 62.0 Å². The Hall–Kier alpha value is -1.58. The molecule has 0 aliphatic heterocycles. The highest BCUT2D eigenvalue weighted by Gasteiger charge is 2.53. The van der Waals surface area contributed by atoms with Gasteiger partial charge < -0.3 is 10.3 Å². The van der Waals surface area contributed by atoms with Crippen LogP contribution in [0.2, 0.25) is 0 Å². The van der Waals surface area contributed by atoms with Crippen molar-refractivity contribution in [2.24, 2.45) is 11.3 Å². The number of rotatable bonds is 4. The van der Waals surface area contributed by atoms with Gasteiger partial charge in [0.1, 0.15) is 5.56 Å². The molecule has 3 rings (SSSR count). The first kappa shape index (κ1) is 10.6. The number of pyridine rings is 1. The summed E-state index contributed by atoms with van der Waals surface area (Å²) >= 11 is 0. The second kappa shape index (κ2) is 3.72. The van der Waals surface area contributed by atoms with Crippen LogP contribution in [-0.4, -0.2) is 17.4 Å². The van der Waals surface area contributed by atoms with E-state index in [9.17, 15) is 9.59 Å². The highest BCUT2D eigenvalue weighted by atomic mass is 16.2. The number of carbonyl (C=O) groups excluding carboxylic acids is 1. The maximum Gasteiger partial charge on any atom is 0.256 e.